The standard InChI is InChI=1S/C69H94F2N8O17S/c1-6-13-56(76-66(89)46(2)75-62(85)36-47-22-25-73-26-23-47)67(90)77-57(40-60(72)83)59(82)17-10-11-27-79(65(69(3,4)5)58-38-49(54-39-51(70)18-19-55(54)71)43-78(58)42-48-14-8-7-9-15-48)63(86)45-97-44-50(68(91)92)37-52(80)24-29-94-31-33-96-35-34-95-32-30-93-28-12-16-53(81)41-74-61(84)20-21-64(87)88/h7-9,14-15,18-19,22-23,25-26,38-39,43,46,50,56-57,65H,6,10-13,16-17,20-21,24,27-37,40-42,44-45H2,1-5H3,(H2,72,83)(H,74,84)(H,75,85)(H,76,89)(H,77,90)(H,87,88)(H,91,92)/t46-,50-,56+,57-,65-/m0/s1. The number of carbonyl (C=O) groups is 11. The van der Waals surface area contributed by atoms with E-state index in [1.54, 1.807) is 36.2 Å². The molecule has 0 aliphatic carbocycles. The molecule has 2 heterocycles. The highest BCUT2D eigenvalue weighted by Crippen LogP contribution is 2.42. The number of hydrogen-bond donors (Lipinski definition) is 7. The van der Waals surface area contributed by atoms with Gasteiger partial charge in [-0.25, -0.2) is 8.78 Å². The maximum Gasteiger partial charge on any atom is 0.307 e. The number of rotatable bonds is 50. The first-order chi connectivity index (χ1) is 46.2. The fourth-order valence-electron chi connectivity index (χ4n) is 10.3. The molecule has 6 amide bonds. The van der Waals surface area contributed by atoms with E-state index in [2.05, 4.69) is 26.3 Å². The molecular weight excluding hydrogens is 1280 g/mol. The fraction of sp³-hybridized carbons (Fsp3) is 0.536. The van der Waals surface area contributed by atoms with Crippen LogP contribution in [-0.4, -0.2) is 185 Å². The minimum absolute atomic E-state index is 0.00641. The number of primary amides is 1. The van der Waals surface area contributed by atoms with Crippen LogP contribution in [0, 0.1) is 23.0 Å². The van der Waals surface area contributed by atoms with Crippen LogP contribution < -0.4 is 27.0 Å². The lowest BCUT2D eigenvalue weighted by molar-refractivity contribution is -0.143. The Morgan fingerprint density at radius 1 is 0.691 bits per heavy atom. The van der Waals surface area contributed by atoms with E-state index in [1.807, 2.05) is 55.7 Å². The van der Waals surface area contributed by atoms with Crippen molar-refractivity contribution in [2.45, 2.75) is 149 Å². The summed E-state index contributed by atoms with van der Waals surface area (Å²) in [6.45, 7) is 10.8. The van der Waals surface area contributed by atoms with Gasteiger partial charge in [0, 0.05) is 93.0 Å². The predicted molar refractivity (Wildman–Crippen MR) is 356 cm³/mol. The summed E-state index contributed by atoms with van der Waals surface area (Å²) in [6.07, 6.45) is 4.58. The summed E-state index contributed by atoms with van der Waals surface area (Å²) >= 11 is 1.02. The first-order valence-electron chi connectivity index (χ1n) is 32.5. The zero-order valence-electron chi connectivity index (χ0n) is 56.0. The minimum Gasteiger partial charge on any atom is -0.481 e. The third-order valence-corrected chi connectivity index (χ3v) is 16.3. The molecule has 8 N–H and O–H groups in total. The van der Waals surface area contributed by atoms with Crippen LogP contribution in [0.5, 0.6) is 0 Å². The molecule has 5 atom stereocenters. The first-order valence-corrected chi connectivity index (χ1v) is 33.6. The minimum atomic E-state index is -1.39. The highest BCUT2D eigenvalue weighted by Gasteiger charge is 2.38. The highest BCUT2D eigenvalue weighted by atomic mass is 32.2. The van der Waals surface area contributed by atoms with Crippen molar-refractivity contribution in [1.29, 1.82) is 0 Å². The van der Waals surface area contributed by atoms with Crippen LogP contribution >= 0.6 is 11.8 Å². The molecule has 2 aromatic heterocycles. The molecule has 532 valence electrons. The number of halogens is 2. The molecule has 4 rings (SSSR count). The summed E-state index contributed by atoms with van der Waals surface area (Å²) < 4.78 is 54.3. The molecule has 0 saturated heterocycles. The Hall–Kier alpha value is -8.31. The van der Waals surface area contributed by atoms with Gasteiger partial charge in [0.15, 0.2) is 11.6 Å². The van der Waals surface area contributed by atoms with Crippen molar-refractivity contribution in [3.63, 3.8) is 0 Å². The maximum absolute atomic E-state index is 15.6. The quantitative estimate of drug-likeness (QED) is 0.0245. The van der Waals surface area contributed by atoms with Crippen LogP contribution in [0.15, 0.2) is 85.3 Å². The molecule has 25 nitrogen and oxygen atoms in total. The zero-order chi connectivity index (χ0) is 71.3. The SMILES string of the molecule is CCC[C@@H](NC(=O)[C@H](C)NC(=O)Cc1ccncc1)C(=O)N[C@@H](CC(N)=O)C(=O)CCCCN(C(=O)CSC[C@H](CC(=O)CCOCCOCCOCCOCCCC(=O)CNC(=O)CCC(=O)O)C(=O)O)[C@@H](c1cc(-c2cc(F)ccc2F)cn1Cc1ccccc1)C(C)(C)C. The molecule has 0 aliphatic heterocycles. The lowest BCUT2D eigenvalue weighted by atomic mass is 9.82. The van der Waals surface area contributed by atoms with Crippen molar-refractivity contribution in [3.8, 4) is 11.1 Å². The largest absolute Gasteiger partial charge is 0.481 e. The van der Waals surface area contributed by atoms with Gasteiger partial charge < -0.3 is 65.6 Å². The van der Waals surface area contributed by atoms with Gasteiger partial charge in [-0.3, -0.25) is 57.7 Å². The third kappa shape index (κ3) is 31.6. The molecule has 28 heteroatoms. The Balaban J connectivity index is 1.38. The average molecular weight is 1380 g/mol. The van der Waals surface area contributed by atoms with Gasteiger partial charge in [-0.2, -0.15) is 11.8 Å². The number of aliphatic carboxylic acids is 2. The summed E-state index contributed by atoms with van der Waals surface area (Å²) in [6, 6.07) is 13.1. The number of ketones is 3. The molecule has 0 unspecified atom stereocenters. The number of thioether (sulfide) groups is 1. The van der Waals surface area contributed by atoms with Crippen LogP contribution in [-0.2, 0) is 84.7 Å². The van der Waals surface area contributed by atoms with E-state index in [9.17, 15) is 62.2 Å². The van der Waals surface area contributed by atoms with Crippen molar-refractivity contribution in [2.24, 2.45) is 17.1 Å². The number of nitrogens with two attached hydrogens (primary N) is 1. The van der Waals surface area contributed by atoms with Gasteiger partial charge in [-0.05, 0) is 85.5 Å². The Morgan fingerprint density at radius 3 is 1.97 bits per heavy atom. The molecule has 0 bridgehead atoms. The second-order valence-electron chi connectivity index (χ2n) is 24.4. The van der Waals surface area contributed by atoms with Crippen LogP contribution in [0.3, 0.4) is 0 Å². The van der Waals surface area contributed by atoms with Crippen LogP contribution in [0.25, 0.3) is 11.1 Å². The summed E-state index contributed by atoms with van der Waals surface area (Å²) in [5.41, 5.74) is 7.22. The Kier molecular flexibility index (Phi) is 36.6. The van der Waals surface area contributed by atoms with E-state index in [-0.39, 0.29) is 159 Å². The number of ether oxygens (including phenoxy) is 4. The van der Waals surface area contributed by atoms with Crippen molar-refractivity contribution >= 4 is 76.5 Å². The fourth-order valence-corrected chi connectivity index (χ4v) is 11.3. The molecule has 4 aromatic rings. The Bertz CT molecular complexity index is 3210. The number of amides is 6. The van der Waals surface area contributed by atoms with E-state index in [0.29, 0.717) is 36.3 Å². The lowest BCUT2D eigenvalue weighted by Crippen LogP contribution is -2.55. The molecular formula is C69H94F2N8O17S. The first kappa shape index (κ1) is 81.1. The summed E-state index contributed by atoms with van der Waals surface area (Å²) in [7, 11) is 0. The van der Waals surface area contributed by atoms with Gasteiger partial charge in [0.2, 0.25) is 35.4 Å². The number of hydrogen-bond acceptors (Lipinski definition) is 17. The van der Waals surface area contributed by atoms with E-state index in [0.717, 1.165) is 35.5 Å². The number of unbranched alkanes of at least 4 members (excludes halogenated alkanes) is 1. The van der Waals surface area contributed by atoms with Crippen LogP contribution in [0.4, 0.5) is 8.78 Å². The molecule has 2 aromatic carbocycles. The summed E-state index contributed by atoms with van der Waals surface area (Å²) in [4.78, 5) is 147. The van der Waals surface area contributed by atoms with Crippen molar-refractivity contribution in [2.75, 3.05) is 77.5 Å². The topological polar surface area (TPSA) is 360 Å². The number of pyridine rings is 1. The van der Waals surface area contributed by atoms with Crippen LogP contribution in [0.1, 0.15) is 135 Å². The summed E-state index contributed by atoms with van der Waals surface area (Å²) in [5, 5.41) is 29.2. The second-order valence-corrected chi connectivity index (χ2v) is 25.4. The highest BCUT2D eigenvalue weighted by molar-refractivity contribution is 7.99. The Morgan fingerprint density at radius 2 is 1.34 bits per heavy atom. The number of aromatic nitrogens is 2. The number of Topliss-reactive ketones (excluding diaryl/α,β-unsaturated/α-hetero) is 3. The predicted octanol–water partition coefficient (Wildman–Crippen LogP) is 6.10. The van der Waals surface area contributed by atoms with Gasteiger partial charge in [0.25, 0.3) is 0 Å². The monoisotopic (exact) mass is 1380 g/mol. The maximum atomic E-state index is 15.6. The zero-order valence-corrected chi connectivity index (χ0v) is 56.8. The number of carbonyl (C=O) groups excluding carboxylic acids is 9. The summed E-state index contributed by atoms with van der Waals surface area (Å²) in [5.74, 6) is -10.0. The third-order valence-electron chi connectivity index (χ3n) is 15.2. The van der Waals surface area contributed by atoms with Gasteiger partial charge in [0.1, 0.15) is 29.5 Å². The van der Waals surface area contributed by atoms with Gasteiger partial charge in [-0.15, -0.1) is 0 Å². The lowest BCUT2D eigenvalue weighted by Gasteiger charge is -2.41. The molecule has 0 radical (unpaired) electrons. The smallest absolute Gasteiger partial charge is 0.307 e. The molecule has 0 aliphatic rings. The van der Waals surface area contributed by atoms with Crippen molar-refractivity contribution in [1.82, 2.24) is 35.7 Å². The van der Waals surface area contributed by atoms with Crippen LogP contribution in [0.2, 0.25) is 0 Å². The molecule has 0 saturated carbocycles. The second kappa shape index (κ2) is 43.8. The number of benzene rings is 2. The normalized spacial score (nSPS) is 12.9. The van der Waals surface area contributed by atoms with Gasteiger partial charge in [-0.1, -0.05) is 64.4 Å². The number of nitrogens with one attached hydrogen (secondary N) is 4. The van der Waals surface area contributed by atoms with Gasteiger partial charge >= 0.3 is 11.9 Å². The molecule has 0 spiro atoms. The average Bonchev–Trinajstić information content (AvgIpc) is 1.66. The van der Waals surface area contributed by atoms with E-state index in [1.165, 1.54) is 19.3 Å². The van der Waals surface area contributed by atoms with E-state index < -0.39 is 107 Å². The molecule has 97 heavy (non-hydrogen) atoms. The number of carboxylic acid groups (broad SMARTS) is 2. The van der Waals surface area contributed by atoms with E-state index in [4.69, 9.17) is 29.8 Å². The van der Waals surface area contributed by atoms with Gasteiger partial charge in [0.05, 0.1) is 95.8 Å². The van der Waals surface area contributed by atoms with Crippen molar-refractivity contribution in [3.05, 3.63) is 114 Å². The number of carboxylic acids is 2. The van der Waals surface area contributed by atoms with E-state index >= 15 is 4.39 Å². The van der Waals surface area contributed by atoms with Crippen molar-refractivity contribution < 1.29 is 90.7 Å². The molecule has 0 fully saturated rings. The Labute approximate surface area is 568 Å². The number of nitrogens with zero attached hydrogens (tertiary/aromatic N) is 3.